The Morgan fingerprint density at radius 2 is 2.00 bits per heavy atom. The van der Waals surface area contributed by atoms with Gasteiger partial charge >= 0.3 is 0 Å². The fourth-order valence-electron chi connectivity index (χ4n) is 1.57. The number of Topliss-reactive ketones (excluding diaryl/α,β-unsaturated/α-hetero) is 1. The van der Waals surface area contributed by atoms with Crippen molar-refractivity contribution in [1.29, 1.82) is 0 Å². The Bertz CT molecular complexity index is 597. The van der Waals surface area contributed by atoms with E-state index < -0.39 is 0 Å². The Labute approximate surface area is 124 Å². The summed E-state index contributed by atoms with van der Waals surface area (Å²) in [6.45, 7) is 3.29. The van der Waals surface area contributed by atoms with Crippen molar-refractivity contribution < 1.29 is 9.59 Å². The van der Waals surface area contributed by atoms with Crippen LogP contribution in [0.4, 0.5) is 5.69 Å². The molecule has 0 aliphatic heterocycles. The minimum absolute atomic E-state index is 0.0274. The third-order valence-electron chi connectivity index (χ3n) is 2.48. The first-order chi connectivity index (χ1) is 9.56. The number of nitrogens with zero attached hydrogens (tertiary/aromatic N) is 2. The van der Waals surface area contributed by atoms with Crippen LogP contribution in [0.25, 0.3) is 0 Å². The highest BCUT2D eigenvalue weighted by Gasteiger charge is 2.17. The summed E-state index contributed by atoms with van der Waals surface area (Å²) in [5.41, 5.74) is 2.93. The van der Waals surface area contributed by atoms with Gasteiger partial charge in [0.2, 0.25) is 5.91 Å². The second kappa shape index (κ2) is 6.62. The minimum atomic E-state index is -0.227. The molecule has 0 fully saturated rings. The zero-order valence-corrected chi connectivity index (χ0v) is 12.6. The molecular weight excluding hydrogens is 294 g/mol. The standard InChI is InChI=1S/C13H13N3O2S2/c1-8(20-13-16-14-7-19-13)12(18)10-3-5-11(6-4-10)15-9(2)17/h3-8H,1-2H3,(H,15,17). The summed E-state index contributed by atoms with van der Waals surface area (Å²) in [5, 5.41) is 10.1. The smallest absolute Gasteiger partial charge is 0.221 e. The van der Waals surface area contributed by atoms with Gasteiger partial charge in [-0.15, -0.1) is 10.2 Å². The number of hydrogen-bond acceptors (Lipinski definition) is 6. The van der Waals surface area contributed by atoms with Crippen molar-refractivity contribution in [2.75, 3.05) is 5.32 Å². The number of benzene rings is 1. The lowest BCUT2D eigenvalue weighted by molar-refractivity contribution is -0.114. The number of amides is 1. The summed E-state index contributed by atoms with van der Waals surface area (Å²) < 4.78 is 0.778. The molecule has 5 nitrogen and oxygen atoms in total. The first-order valence-electron chi connectivity index (χ1n) is 5.91. The van der Waals surface area contributed by atoms with Gasteiger partial charge in [-0.2, -0.15) is 0 Å². The molecule has 20 heavy (non-hydrogen) atoms. The van der Waals surface area contributed by atoms with Crippen LogP contribution in [0, 0.1) is 0 Å². The second-order valence-corrected chi connectivity index (χ2v) is 6.51. The Morgan fingerprint density at radius 3 is 2.55 bits per heavy atom. The molecule has 0 aliphatic rings. The number of ketones is 1. The van der Waals surface area contributed by atoms with Crippen LogP contribution < -0.4 is 5.32 Å². The van der Waals surface area contributed by atoms with Crippen molar-refractivity contribution in [1.82, 2.24) is 10.2 Å². The number of aromatic nitrogens is 2. The van der Waals surface area contributed by atoms with E-state index in [1.807, 2.05) is 6.92 Å². The Hall–Kier alpha value is -1.73. The van der Waals surface area contributed by atoms with E-state index in [1.54, 1.807) is 29.8 Å². The molecule has 0 saturated carbocycles. The molecule has 104 valence electrons. The van der Waals surface area contributed by atoms with Gasteiger partial charge in [0.05, 0.1) is 5.25 Å². The average Bonchev–Trinajstić information content (AvgIpc) is 2.91. The van der Waals surface area contributed by atoms with E-state index in [-0.39, 0.29) is 16.9 Å². The number of anilines is 1. The molecule has 1 aromatic heterocycles. The van der Waals surface area contributed by atoms with Crippen molar-refractivity contribution in [3.8, 4) is 0 Å². The number of carbonyl (C=O) groups is 2. The van der Waals surface area contributed by atoms with Crippen molar-refractivity contribution >= 4 is 40.5 Å². The van der Waals surface area contributed by atoms with Crippen molar-refractivity contribution in [2.45, 2.75) is 23.4 Å². The number of hydrogen-bond donors (Lipinski definition) is 1. The second-order valence-electron chi connectivity index (χ2n) is 4.09. The normalized spacial score (nSPS) is 11.9. The zero-order chi connectivity index (χ0) is 14.5. The molecule has 1 unspecified atom stereocenters. The lowest BCUT2D eigenvalue weighted by Crippen LogP contribution is -2.13. The molecular formula is C13H13N3O2S2. The maximum atomic E-state index is 12.3. The van der Waals surface area contributed by atoms with E-state index in [4.69, 9.17) is 0 Å². The molecule has 7 heteroatoms. The Kier molecular flexibility index (Phi) is 4.86. The monoisotopic (exact) mass is 307 g/mol. The highest BCUT2D eigenvalue weighted by Crippen LogP contribution is 2.26. The molecule has 1 N–H and O–H groups in total. The van der Waals surface area contributed by atoms with Crippen LogP contribution in [0.5, 0.6) is 0 Å². The molecule has 0 saturated heterocycles. The van der Waals surface area contributed by atoms with E-state index in [2.05, 4.69) is 15.5 Å². The quantitative estimate of drug-likeness (QED) is 0.679. The van der Waals surface area contributed by atoms with Gasteiger partial charge in [0.25, 0.3) is 0 Å². The minimum Gasteiger partial charge on any atom is -0.326 e. The maximum Gasteiger partial charge on any atom is 0.221 e. The van der Waals surface area contributed by atoms with Gasteiger partial charge in [0.1, 0.15) is 5.51 Å². The molecule has 0 aliphatic carbocycles. The van der Waals surface area contributed by atoms with Gasteiger partial charge in [-0.05, 0) is 31.2 Å². The van der Waals surface area contributed by atoms with E-state index in [9.17, 15) is 9.59 Å². The van der Waals surface area contributed by atoms with Crippen molar-refractivity contribution in [3.05, 3.63) is 35.3 Å². The van der Waals surface area contributed by atoms with E-state index in [1.165, 1.54) is 30.0 Å². The SMILES string of the molecule is CC(=O)Nc1ccc(C(=O)C(C)Sc2nncs2)cc1. The molecule has 1 heterocycles. The van der Waals surface area contributed by atoms with Crippen LogP contribution in [-0.4, -0.2) is 27.1 Å². The van der Waals surface area contributed by atoms with Crippen LogP contribution in [0.1, 0.15) is 24.2 Å². The summed E-state index contributed by atoms with van der Waals surface area (Å²) in [6.07, 6.45) is 0. The summed E-state index contributed by atoms with van der Waals surface area (Å²) >= 11 is 2.81. The summed E-state index contributed by atoms with van der Waals surface area (Å²) in [6, 6.07) is 6.86. The maximum absolute atomic E-state index is 12.3. The Balaban J connectivity index is 2.03. The number of nitrogens with one attached hydrogen (secondary N) is 1. The van der Waals surface area contributed by atoms with E-state index in [0.29, 0.717) is 11.3 Å². The van der Waals surface area contributed by atoms with Gasteiger partial charge in [-0.3, -0.25) is 9.59 Å². The van der Waals surface area contributed by atoms with Crippen LogP contribution in [0.15, 0.2) is 34.1 Å². The first kappa shape index (κ1) is 14.7. The first-order valence-corrected chi connectivity index (χ1v) is 7.67. The molecule has 0 spiro atoms. The van der Waals surface area contributed by atoms with Crippen molar-refractivity contribution in [3.63, 3.8) is 0 Å². The average molecular weight is 307 g/mol. The van der Waals surface area contributed by atoms with Crippen LogP contribution >= 0.6 is 23.1 Å². The van der Waals surface area contributed by atoms with E-state index >= 15 is 0 Å². The topological polar surface area (TPSA) is 72.0 Å². The van der Waals surface area contributed by atoms with Gasteiger partial charge in [-0.1, -0.05) is 23.1 Å². The molecule has 2 aromatic rings. The van der Waals surface area contributed by atoms with Crippen molar-refractivity contribution in [2.24, 2.45) is 0 Å². The summed E-state index contributed by atoms with van der Waals surface area (Å²) in [5.74, 6) is -0.108. The highest BCUT2D eigenvalue weighted by molar-refractivity contribution is 8.02. The molecule has 1 amide bonds. The Morgan fingerprint density at radius 1 is 1.30 bits per heavy atom. The fraction of sp³-hybridized carbons (Fsp3) is 0.231. The molecule has 2 rings (SSSR count). The third-order valence-corrected chi connectivity index (χ3v) is 4.39. The molecule has 1 atom stereocenters. The van der Waals surface area contributed by atoms with Gasteiger partial charge in [0.15, 0.2) is 10.1 Å². The lowest BCUT2D eigenvalue weighted by Gasteiger charge is -2.09. The predicted molar refractivity (Wildman–Crippen MR) is 80.3 cm³/mol. The largest absolute Gasteiger partial charge is 0.326 e. The van der Waals surface area contributed by atoms with Gasteiger partial charge < -0.3 is 5.32 Å². The number of carbonyl (C=O) groups excluding carboxylic acids is 2. The number of thioether (sulfide) groups is 1. The summed E-state index contributed by atoms with van der Waals surface area (Å²) in [7, 11) is 0. The molecule has 0 bridgehead atoms. The van der Waals surface area contributed by atoms with Gasteiger partial charge in [0, 0.05) is 18.2 Å². The summed E-state index contributed by atoms with van der Waals surface area (Å²) in [4.78, 5) is 23.2. The predicted octanol–water partition coefficient (Wildman–Crippen LogP) is 2.86. The molecule has 1 aromatic carbocycles. The van der Waals surface area contributed by atoms with E-state index in [0.717, 1.165) is 4.34 Å². The van der Waals surface area contributed by atoms with Crippen LogP contribution in [0.3, 0.4) is 0 Å². The zero-order valence-electron chi connectivity index (χ0n) is 11.0. The van der Waals surface area contributed by atoms with Crippen LogP contribution in [-0.2, 0) is 4.79 Å². The number of rotatable bonds is 5. The fourth-order valence-corrected chi connectivity index (χ4v) is 3.28. The van der Waals surface area contributed by atoms with Gasteiger partial charge in [-0.25, -0.2) is 0 Å². The lowest BCUT2D eigenvalue weighted by atomic mass is 10.1. The van der Waals surface area contributed by atoms with Crippen LogP contribution in [0.2, 0.25) is 0 Å². The highest BCUT2D eigenvalue weighted by atomic mass is 32.2. The molecule has 0 radical (unpaired) electrons. The third kappa shape index (κ3) is 3.88.